The Morgan fingerprint density at radius 3 is 2.64 bits per heavy atom. The molecule has 3 N–H and O–H groups in total. The SMILES string of the molecule is CCNC(=NCc1c(CC)noc1CC)NCCc1cccc(OC)c1O.I. The molecule has 0 aliphatic rings. The first kappa shape index (κ1) is 24.1. The molecule has 28 heavy (non-hydrogen) atoms. The summed E-state index contributed by atoms with van der Waals surface area (Å²) < 4.78 is 10.6. The van der Waals surface area contributed by atoms with Crippen molar-refractivity contribution in [3.63, 3.8) is 0 Å². The number of hydrogen-bond acceptors (Lipinski definition) is 5. The summed E-state index contributed by atoms with van der Waals surface area (Å²) in [5.41, 5.74) is 2.87. The summed E-state index contributed by atoms with van der Waals surface area (Å²) in [4.78, 5) is 4.67. The zero-order valence-corrected chi connectivity index (χ0v) is 19.4. The molecule has 156 valence electrons. The van der Waals surface area contributed by atoms with E-state index in [2.05, 4.69) is 34.6 Å². The number of rotatable bonds is 9. The Morgan fingerprint density at radius 2 is 2.00 bits per heavy atom. The zero-order chi connectivity index (χ0) is 19.6. The molecule has 0 saturated carbocycles. The van der Waals surface area contributed by atoms with Gasteiger partial charge in [-0.1, -0.05) is 31.1 Å². The van der Waals surface area contributed by atoms with E-state index in [0.29, 0.717) is 25.3 Å². The summed E-state index contributed by atoms with van der Waals surface area (Å²) in [6.45, 7) is 8.07. The monoisotopic (exact) mass is 502 g/mol. The van der Waals surface area contributed by atoms with E-state index in [-0.39, 0.29) is 29.7 Å². The van der Waals surface area contributed by atoms with E-state index in [1.165, 1.54) is 0 Å². The van der Waals surface area contributed by atoms with Gasteiger partial charge in [0.1, 0.15) is 5.76 Å². The van der Waals surface area contributed by atoms with Gasteiger partial charge in [-0.15, -0.1) is 24.0 Å². The fourth-order valence-corrected chi connectivity index (χ4v) is 2.87. The van der Waals surface area contributed by atoms with Crippen molar-refractivity contribution in [2.24, 2.45) is 4.99 Å². The third kappa shape index (κ3) is 6.29. The molecule has 0 radical (unpaired) electrons. The second-order valence-corrected chi connectivity index (χ2v) is 6.08. The smallest absolute Gasteiger partial charge is 0.191 e. The van der Waals surface area contributed by atoms with Gasteiger partial charge in [-0.25, -0.2) is 4.99 Å². The highest BCUT2D eigenvalue weighted by Crippen LogP contribution is 2.29. The van der Waals surface area contributed by atoms with E-state index < -0.39 is 0 Å². The Morgan fingerprint density at radius 1 is 1.21 bits per heavy atom. The molecule has 0 spiro atoms. The van der Waals surface area contributed by atoms with Crippen LogP contribution in [0.2, 0.25) is 0 Å². The van der Waals surface area contributed by atoms with Gasteiger partial charge in [-0.05, 0) is 31.4 Å². The number of aliphatic imine (C=N–C) groups is 1. The lowest BCUT2D eigenvalue weighted by Gasteiger charge is -2.13. The number of aromatic nitrogens is 1. The van der Waals surface area contributed by atoms with E-state index in [0.717, 1.165) is 47.9 Å². The van der Waals surface area contributed by atoms with Crippen LogP contribution < -0.4 is 15.4 Å². The molecular formula is C20H31IN4O3. The average Bonchev–Trinajstić information content (AvgIpc) is 3.09. The molecule has 2 aromatic rings. The summed E-state index contributed by atoms with van der Waals surface area (Å²) in [7, 11) is 1.55. The first-order valence-corrected chi connectivity index (χ1v) is 9.47. The van der Waals surface area contributed by atoms with Crippen LogP contribution in [0.5, 0.6) is 11.5 Å². The number of nitrogens with zero attached hydrogens (tertiary/aromatic N) is 2. The summed E-state index contributed by atoms with van der Waals surface area (Å²) in [5.74, 6) is 2.30. The van der Waals surface area contributed by atoms with Gasteiger partial charge < -0.3 is 25.0 Å². The summed E-state index contributed by atoms with van der Waals surface area (Å²) in [6.07, 6.45) is 2.28. The van der Waals surface area contributed by atoms with Gasteiger partial charge in [0.2, 0.25) is 0 Å². The van der Waals surface area contributed by atoms with Gasteiger partial charge in [0, 0.05) is 25.1 Å². The molecule has 2 rings (SSSR count). The average molecular weight is 502 g/mol. The molecule has 0 unspecified atom stereocenters. The molecule has 1 aromatic heterocycles. The third-order valence-corrected chi connectivity index (χ3v) is 4.34. The first-order chi connectivity index (χ1) is 13.1. The Hall–Kier alpha value is -1.97. The molecule has 0 aliphatic heterocycles. The molecule has 0 amide bonds. The number of aryl methyl sites for hydroxylation is 2. The number of benzene rings is 1. The lowest BCUT2D eigenvalue weighted by atomic mass is 10.1. The molecule has 1 heterocycles. The van der Waals surface area contributed by atoms with Gasteiger partial charge in [0.25, 0.3) is 0 Å². The highest BCUT2D eigenvalue weighted by molar-refractivity contribution is 14.0. The molecule has 8 heteroatoms. The number of phenolic OH excluding ortho intramolecular Hbond substituents is 1. The van der Waals surface area contributed by atoms with Gasteiger partial charge in [-0.2, -0.15) is 0 Å². The molecule has 7 nitrogen and oxygen atoms in total. The van der Waals surface area contributed by atoms with E-state index in [4.69, 9.17) is 9.26 Å². The van der Waals surface area contributed by atoms with Gasteiger partial charge >= 0.3 is 0 Å². The van der Waals surface area contributed by atoms with Crippen molar-refractivity contribution in [2.45, 2.75) is 46.6 Å². The number of methoxy groups -OCH3 is 1. The van der Waals surface area contributed by atoms with Crippen LogP contribution >= 0.6 is 24.0 Å². The second-order valence-electron chi connectivity index (χ2n) is 6.08. The lowest BCUT2D eigenvalue weighted by molar-refractivity contribution is 0.370. The number of para-hydroxylation sites is 1. The van der Waals surface area contributed by atoms with Crippen LogP contribution in [0, 0.1) is 0 Å². The lowest BCUT2D eigenvalue weighted by Crippen LogP contribution is -2.38. The predicted octanol–water partition coefficient (Wildman–Crippen LogP) is 3.43. The summed E-state index contributed by atoms with van der Waals surface area (Å²) in [5, 5.41) is 20.9. The van der Waals surface area contributed by atoms with Crippen molar-refractivity contribution in [3.05, 3.63) is 40.8 Å². The molecule has 0 bridgehead atoms. The minimum absolute atomic E-state index is 0. The minimum Gasteiger partial charge on any atom is -0.504 e. The highest BCUT2D eigenvalue weighted by Gasteiger charge is 2.13. The van der Waals surface area contributed by atoms with Crippen molar-refractivity contribution >= 4 is 29.9 Å². The van der Waals surface area contributed by atoms with Gasteiger partial charge in [0.15, 0.2) is 17.5 Å². The van der Waals surface area contributed by atoms with E-state index >= 15 is 0 Å². The number of aromatic hydroxyl groups is 1. The molecule has 1 aromatic carbocycles. The van der Waals surface area contributed by atoms with Crippen LogP contribution in [0.25, 0.3) is 0 Å². The number of phenols is 1. The largest absolute Gasteiger partial charge is 0.504 e. The van der Waals surface area contributed by atoms with Crippen LogP contribution in [0.3, 0.4) is 0 Å². The van der Waals surface area contributed by atoms with Crippen molar-refractivity contribution in [1.82, 2.24) is 15.8 Å². The maximum atomic E-state index is 10.2. The Bertz CT molecular complexity index is 740. The van der Waals surface area contributed by atoms with Crippen molar-refractivity contribution in [1.29, 1.82) is 0 Å². The topological polar surface area (TPSA) is 91.9 Å². The Balaban J connectivity index is 0.00000392. The third-order valence-electron chi connectivity index (χ3n) is 4.34. The molecule has 0 aliphatic carbocycles. The number of halogens is 1. The predicted molar refractivity (Wildman–Crippen MR) is 122 cm³/mol. The number of nitrogens with one attached hydrogen (secondary N) is 2. The molecular weight excluding hydrogens is 471 g/mol. The molecule has 0 atom stereocenters. The highest BCUT2D eigenvalue weighted by atomic mass is 127. The maximum Gasteiger partial charge on any atom is 0.191 e. The van der Waals surface area contributed by atoms with Crippen LogP contribution in [-0.4, -0.2) is 36.4 Å². The number of guanidine groups is 1. The van der Waals surface area contributed by atoms with Gasteiger partial charge in [-0.3, -0.25) is 0 Å². The summed E-state index contributed by atoms with van der Waals surface area (Å²) in [6, 6.07) is 5.51. The number of hydrogen-bond donors (Lipinski definition) is 3. The minimum atomic E-state index is 0. The zero-order valence-electron chi connectivity index (χ0n) is 17.0. The Labute approximate surface area is 184 Å². The van der Waals surface area contributed by atoms with Crippen LogP contribution in [0.15, 0.2) is 27.7 Å². The van der Waals surface area contributed by atoms with Crippen molar-refractivity contribution in [3.8, 4) is 11.5 Å². The molecule has 0 saturated heterocycles. The fraction of sp³-hybridized carbons (Fsp3) is 0.500. The van der Waals surface area contributed by atoms with Crippen LogP contribution in [-0.2, 0) is 25.8 Å². The van der Waals surface area contributed by atoms with Crippen molar-refractivity contribution in [2.75, 3.05) is 20.2 Å². The van der Waals surface area contributed by atoms with E-state index in [9.17, 15) is 5.11 Å². The fourth-order valence-electron chi connectivity index (χ4n) is 2.87. The van der Waals surface area contributed by atoms with Crippen LogP contribution in [0.1, 0.15) is 43.4 Å². The van der Waals surface area contributed by atoms with E-state index in [1.807, 2.05) is 19.1 Å². The standard InChI is InChI=1S/C20H30N4O3.HI/c1-5-16-15(17(6-2)27-24-16)13-23-20(21-7-3)22-12-11-14-9-8-10-18(26-4)19(14)25;/h8-10,25H,5-7,11-13H2,1-4H3,(H2,21,22,23);1H. The quantitative estimate of drug-likeness (QED) is 0.277. The second kappa shape index (κ2) is 12.5. The normalized spacial score (nSPS) is 11.1. The number of ether oxygens (including phenoxy) is 1. The maximum absolute atomic E-state index is 10.2. The first-order valence-electron chi connectivity index (χ1n) is 9.47. The van der Waals surface area contributed by atoms with E-state index in [1.54, 1.807) is 13.2 Å². The Kier molecular flexibility index (Phi) is 10.7. The van der Waals surface area contributed by atoms with Crippen LogP contribution in [0.4, 0.5) is 0 Å². The van der Waals surface area contributed by atoms with Crippen molar-refractivity contribution < 1.29 is 14.4 Å². The molecule has 0 fully saturated rings. The summed E-state index contributed by atoms with van der Waals surface area (Å²) >= 11 is 0. The van der Waals surface area contributed by atoms with Gasteiger partial charge in [0.05, 0.1) is 19.3 Å².